The van der Waals surface area contributed by atoms with Crippen molar-refractivity contribution in [3.05, 3.63) is 75.2 Å². The molecule has 0 saturated heterocycles. The quantitative estimate of drug-likeness (QED) is 0.525. The zero-order chi connectivity index (χ0) is 19.3. The van der Waals surface area contributed by atoms with Crippen molar-refractivity contribution in [2.45, 2.75) is 6.92 Å². The second-order valence-corrected chi connectivity index (χ2v) is 6.11. The van der Waals surface area contributed by atoms with E-state index in [1.54, 1.807) is 24.4 Å². The maximum absolute atomic E-state index is 12.1. The summed E-state index contributed by atoms with van der Waals surface area (Å²) in [6.45, 7) is 2.24. The highest BCUT2D eigenvalue weighted by Gasteiger charge is 2.12. The number of aryl methyl sites for hydroxylation is 1. The molecule has 1 aromatic heterocycles. The van der Waals surface area contributed by atoms with Crippen LogP contribution in [-0.4, -0.2) is 28.2 Å². The van der Waals surface area contributed by atoms with Crippen LogP contribution in [0.3, 0.4) is 0 Å². The van der Waals surface area contributed by atoms with E-state index in [1.807, 2.05) is 43.3 Å². The van der Waals surface area contributed by atoms with Crippen molar-refractivity contribution >= 4 is 24.3 Å². The fourth-order valence-corrected chi connectivity index (χ4v) is 2.52. The second kappa shape index (κ2) is 7.75. The van der Waals surface area contributed by atoms with Crippen molar-refractivity contribution in [1.82, 2.24) is 15.2 Å². The molecular weight excluding hydrogens is 358 g/mol. The number of rotatable bonds is 5. The molecule has 28 heavy (non-hydrogen) atoms. The summed E-state index contributed by atoms with van der Waals surface area (Å²) in [5.41, 5.74) is 5.46. The Labute approximate surface area is 160 Å². The van der Waals surface area contributed by atoms with Gasteiger partial charge in [-0.1, -0.05) is 35.9 Å². The smallest absolute Gasteiger partial charge is 0.278 e. The fraction of sp³-hybridized carbons (Fsp3) is 0.100. The summed E-state index contributed by atoms with van der Waals surface area (Å²) in [7, 11) is 0. The molecule has 0 spiro atoms. The summed E-state index contributed by atoms with van der Waals surface area (Å²) in [5.74, 6) is 1.52. The standard InChI is InChI=1S/C20H17N5O3/c1-13-2-4-14(5-3-13)6-8-16-19(26)22-20(25-23-16)24-21-11-15-7-9-17-18(10-15)28-12-27-17/h2-11H,12H2,1H3,(H2,22,24,25,26)/b8-6+,21-11+. The number of ether oxygens (including phenoxy) is 2. The van der Waals surface area contributed by atoms with Crippen LogP contribution >= 0.6 is 0 Å². The van der Waals surface area contributed by atoms with E-state index in [1.165, 1.54) is 5.56 Å². The number of nitrogens with one attached hydrogen (secondary N) is 2. The van der Waals surface area contributed by atoms with Crippen LogP contribution in [0, 0.1) is 6.92 Å². The van der Waals surface area contributed by atoms with Gasteiger partial charge >= 0.3 is 0 Å². The zero-order valence-electron chi connectivity index (χ0n) is 15.0. The molecule has 140 valence electrons. The highest BCUT2D eigenvalue weighted by Crippen LogP contribution is 2.31. The average molecular weight is 375 g/mol. The van der Waals surface area contributed by atoms with E-state index in [9.17, 15) is 4.79 Å². The predicted molar refractivity (Wildman–Crippen MR) is 107 cm³/mol. The molecule has 4 rings (SSSR count). The highest BCUT2D eigenvalue weighted by atomic mass is 16.7. The first-order valence-electron chi connectivity index (χ1n) is 8.58. The third kappa shape index (κ3) is 4.07. The van der Waals surface area contributed by atoms with E-state index in [2.05, 4.69) is 25.7 Å². The van der Waals surface area contributed by atoms with E-state index < -0.39 is 0 Å². The first kappa shape index (κ1) is 17.5. The number of H-pyrrole nitrogens is 1. The molecule has 0 bridgehead atoms. The number of anilines is 1. The average Bonchev–Trinajstić information content (AvgIpc) is 3.16. The van der Waals surface area contributed by atoms with Crippen LogP contribution in [0.4, 0.5) is 5.95 Å². The van der Waals surface area contributed by atoms with Gasteiger partial charge in [0, 0.05) is 0 Å². The number of hydrogen-bond donors (Lipinski definition) is 2. The van der Waals surface area contributed by atoms with Gasteiger partial charge in [-0.25, -0.2) is 5.43 Å². The third-order valence-electron chi connectivity index (χ3n) is 4.01. The van der Waals surface area contributed by atoms with Gasteiger partial charge in [0.05, 0.1) is 6.21 Å². The summed E-state index contributed by atoms with van der Waals surface area (Å²) >= 11 is 0. The van der Waals surface area contributed by atoms with Crippen molar-refractivity contribution < 1.29 is 9.47 Å². The Balaban J connectivity index is 1.41. The highest BCUT2D eigenvalue weighted by molar-refractivity contribution is 5.81. The van der Waals surface area contributed by atoms with Crippen LogP contribution in [0.15, 0.2) is 52.4 Å². The van der Waals surface area contributed by atoms with Crippen molar-refractivity contribution in [3.63, 3.8) is 0 Å². The molecule has 0 radical (unpaired) electrons. The van der Waals surface area contributed by atoms with Gasteiger partial charge in [0.1, 0.15) is 0 Å². The number of aromatic nitrogens is 3. The number of benzene rings is 2. The number of fused-ring (bicyclic) bond motifs is 1. The molecule has 1 aliphatic rings. The fourth-order valence-electron chi connectivity index (χ4n) is 2.52. The van der Waals surface area contributed by atoms with E-state index in [4.69, 9.17) is 9.47 Å². The van der Waals surface area contributed by atoms with Gasteiger partial charge in [-0.05, 0) is 42.3 Å². The lowest BCUT2D eigenvalue weighted by atomic mass is 10.1. The molecule has 3 aromatic rings. The summed E-state index contributed by atoms with van der Waals surface area (Å²) in [6.07, 6.45) is 5.01. The molecule has 0 aliphatic carbocycles. The summed E-state index contributed by atoms with van der Waals surface area (Å²) in [4.78, 5) is 14.7. The van der Waals surface area contributed by atoms with Crippen LogP contribution < -0.4 is 20.5 Å². The monoisotopic (exact) mass is 375 g/mol. The van der Waals surface area contributed by atoms with Gasteiger partial charge in [-0.2, -0.15) is 5.10 Å². The molecule has 2 aromatic carbocycles. The van der Waals surface area contributed by atoms with Crippen LogP contribution in [0.5, 0.6) is 11.5 Å². The lowest BCUT2D eigenvalue weighted by molar-refractivity contribution is 0.174. The first-order valence-corrected chi connectivity index (χ1v) is 8.58. The lowest BCUT2D eigenvalue weighted by Gasteiger charge is -2.00. The molecule has 0 amide bonds. The number of hydrazone groups is 1. The Morgan fingerprint density at radius 3 is 2.64 bits per heavy atom. The Morgan fingerprint density at radius 1 is 1.04 bits per heavy atom. The van der Waals surface area contributed by atoms with E-state index in [-0.39, 0.29) is 24.0 Å². The van der Waals surface area contributed by atoms with Crippen LogP contribution in [-0.2, 0) is 0 Å². The Kier molecular flexibility index (Phi) is 4.83. The topological polar surface area (TPSA) is 101 Å². The molecule has 0 saturated carbocycles. The predicted octanol–water partition coefficient (Wildman–Crippen LogP) is 2.82. The van der Waals surface area contributed by atoms with E-state index in [0.717, 1.165) is 11.1 Å². The summed E-state index contributed by atoms with van der Waals surface area (Å²) in [6, 6.07) is 13.4. The van der Waals surface area contributed by atoms with Crippen LogP contribution in [0.25, 0.3) is 12.2 Å². The Bertz CT molecular complexity index is 1100. The molecule has 0 fully saturated rings. The minimum Gasteiger partial charge on any atom is -0.454 e. The molecule has 8 heteroatoms. The molecule has 2 N–H and O–H groups in total. The van der Waals surface area contributed by atoms with Gasteiger partial charge in [0.15, 0.2) is 17.2 Å². The minimum atomic E-state index is -0.362. The van der Waals surface area contributed by atoms with Crippen molar-refractivity contribution in [2.24, 2.45) is 5.10 Å². The SMILES string of the molecule is Cc1ccc(/C=C/c2nnc(N/N=C/c3ccc4c(c3)OCO4)[nH]c2=O)cc1. The molecule has 8 nitrogen and oxygen atoms in total. The number of hydrogen-bond acceptors (Lipinski definition) is 7. The summed E-state index contributed by atoms with van der Waals surface area (Å²) < 4.78 is 10.6. The first-order chi connectivity index (χ1) is 13.7. The van der Waals surface area contributed by atoms with Crippen molar-refractivity contribution in [3.8, 4) is 11.5 Å². The molecule has 2 heterocycles. The van der Waals surface area contributed by atoms with Crippen LogP contribution in [0.1, 0.15) is 22.4 Å². The Morgan fingerprint density at radius 2 is 1.82 bits per heavy atom. The van der Waals surface area contributed by atoms with Crippen molar-refractivity contribution in [2.75, 3.05) is 12.2 Å². The largest absolute Gasteiger partial charge is 0.454 e. The molecule has 1 aliphatic heterocycles. The second-order valence-electron chi connectivity index (χ2n) is 6.11. The van der Waals surface area contributed by atoms with Gasteiger partial charge in [0.2, 0.25) is 12.7 Å². The number of nitrogens with zero attached hydrogens (tertiary/aromatic N) is 3. The van der Waals surface area contributed by atoms with Crippen molar-refractivity contribution in [1.29, 1.82) is 0 Å². The van der Waals surface area contributed by atoms with Gasteiger partial charge in [-0.3, -0.25) is 9.78 Å². The zero-order valence-corrected chi connectivity index (χ0v) is 15.0. The number of aromatic amines is 1. The van der Waals surface area contributed by atoms with Crippen LogP contribution in [0.2, 0.25) is 0 Å². The van der Waals surface area contributed by atoms with E-state index in [0.29, 0.717) is 11.5 Å². The molecular formula is C20H17N5O3. The maximum atomic E-state index is 12.1. The van der Waals surface area contributed by atoms with Gasteiger partial charge < -0.3 is 9.47 Å². The maximum Gasteiger partial charge on any atom is 0.278 e. The molecule has 0 unspecified atom stereocenters. The van der Waals surface area contributed by atoms with Gasteiger partial charge in [0.25, 0.3) is 5.56 Å². The normalized spacial score (nSPS) is 12.8. The Hall–Kier alpha value is -3.94. The third-order valence-corrected chi connectivity index (χ3v) is 4.01. The van der Waals surface area contributed by atoms with Gasteiger partial charge in [-0.15, -0.1) is 10.2 Å². The van der Waals surface area contributed by atoms with E-state index >= 15 is 0 Å². The summed E-state index contributed by atoms with van der Waals surface area (Å²) in [5, 5.41) is 11.9. The lowest BCUT2D eigenvalue weighted by Crippen LogP contribution is -2.15. The minimum absolute atomic E-state index is 0.148. The molecule has 0 atom stereocenters.